The third-order valence-electron chi connectivity index (χ3n) is 3.00. The lowest BCUT2D eigenvalue weighted by atomic mass is 10.1. The van der Waals surface area contributed by atoms with E-state index >= 15 is 0 Å². The van der Waals surface area contributed by atoms with E-state index in [0.29, 0.717) is 10.4 Å². The van der Waals surface area contributed by atoms with Crippen LogP contribution in [0.15, 0.2) is 23.0 Å². The molecule has 0 aliphatic heterocycles. The molecule has 1 N–H and O–H groups in total. The number of nitrogens with one attached hydrogen (secondary N) is 1. The second kappa shape index (κ2) is 3.11. The van der Waals surface area contributed by atoms with Crippen LogP contribution in [0.2, 0.25) is 5.02 Å². The van der Waals surface area contributed by atoms with Gasteiger partial charge < -0.3 is 4.98 Å². The molecule has 0 fully saturated rings. The first-order valence-electron chi connectivity index (χ1n) is 5.09. The fourth-order valence-corrected chi connectivity index (χ4v) is 2.44. The van der Waals surface area contributed by atoms with E-state index in [-0.39, 0.29) is 5.43 Å². The first-order chi connectivity index (χ1) is 7.25. The second-order valence-electron chi connectivity index (χ2n) is 3.95. The summed E-state index contributed by atoms with van der Waals surface area (Å²) in [5.74, 6) is 0. The van der Waals surface area contributed by atoms with Gasteiger partial charge in [-0.25, -0.2) is 0 Å². The molecular weight excluding hydrogens is 210 g/mol. The number of rotatable bonds is 0. The van der Waals surface area contributed by atoms with Gasteiger partial charge >= 0.3 is 0 Å². The van der Waals surface area contributed by atoms with Crippen LogP contribution in [0.3, 0.4) is 0 Å². The van der Waals surface area contributed by atoms with E-state index in [2.05, 4.69) is 4.98 Å². The largest absolute Gasteiger partial charge is 0.358 e. The molecule has 3 rings (SSSR count). The number of benzene rings is 1. The SMILES string of the molecule is O=c1c2c([nH]c3ccc(Cl)cc13)CCC2. The van der Waals surface area contributed by atoms with Gasteiger partial charge in [-0.05, 0) is 37.5 Å². The third-order valence-corrected chi connectivity index (χ3v) is 3.24. The number of H-pyrrole nitrogens is 1. The van der Waals surface area contributed by atoms with Crippen LogP contribution in [0, 0.1) is 0 Å². The molecule has 0 unspecified atom stereocenters. The maximum Gasteiger partial charge on any atom is 0.192 e. The monoisotopic (exact) mass is 219 g/mol. The summed E-state index contributed by atoms with van der Waals surface area (Å²) >= 11 is 5.89. The van der Waals surface area contributed by atoms with Gasteiger partial charge in [0.1, 0.15) is 0 Å². The van der Waals surface area contributed by atoms with Crippen LogP contribution in [-0.2, 0) is 12.8 Å². The Morgan fingerprint density at radius 3 is 3.00 bits per heavy atom. The molecule has 1 aromatic carbocycles. The second-order valence-corrected chi connectivity index (χ2v) is 4.39. The summed E-state index contributed by atoms with van der Waals surface area (Å²) < 4.78 is 0. The number of pyridine rings is 1. The normalized spacial score (nSPS) is 14.5. The zero-order chi connectivity index (χ0) is 10.4. The minimum atomic E-state index is 0.152. The highest BCUT2D eigenvalue weighted by atomic mass is 35.5. The average molecular weight is 220 g/mol. The Bertz CT molecular complexity index is 600. The predicted octanol–water partition coefficient (Wildman–Crippen LogP) is 2.67. The summed E-state index contributed by atoms with van der Waals surface area (Å²) in [7, 11) is 0. The molecule has 1 aromatic heterocycles. The van der Waals surface area contributed by atoms with Crippen LogP contribution in [0.5, 0.6) is 0 Å². The third kappa shape index (κ3) is 1.29. The van der Waals surface area contributed by atoms with Crippen LogP contribution in [0.4, 0.5) is 0 Å². The number of aromatic nitrogens is 1. The molecule has 2 aromatic rings. The maximum absolute atomic E-state index is 12.1. The zero-order valence-corrected chi connectivity index (χ0v) is 8.90. The van der Waals surface area contributed by atoms with Crippen molar-refractivity contribution in [2.24, 2.45) is 0 Å². The lowest BCUT2D eigenvalue weighted by Crippen LogP contribution is -2.10. The minimum absolute atomic E-state index is 0.152. The van der Waals surface area contributed by atoms with Crippen LogP contribution >= 0.6 is 11.6 Å². The quantitative estimate of drug-likeness (QED) is 0.726. The highest BCUT2D eigenvalue weighted by molar-refractivity contribution is 6.31. The van der Waals surface area contributed by atoms with Gasteiger partial charge in [-0.15, -0.1) is 0 Å². The van der Waals surface area contributed by atoms with E-state index in [1.165, 1.54) is 0 Å². The molecule has 0 amide bonds. The summed E-state index contributed by atoms with van der Waals surface area (Å²) in [4.78, 5) is 15.4. The van der Waals surface area contributed by atoms with E-state index in [1.54, 1.807) is 12.1 Å². The molecule has 0 spiro atoms. The van der Waals surface area contributed by atoms with E-state index in [1.807, 2.05) is 6.07 Å². The molecule has 2 nitrogen and oxygen atoms in total. The summed E-state index contributed by atoms with van der Waals surface area (Å²) in [5, 5.41) is 1.33. The van der Waals surface area contributed by atoms with Gasteiger partial charge in [-0.1, -0.05) is 11.6 Å². The standard InChI is InChI=1S/C12H10ClNO/c13-7-4-5-11-9(6-7)12(15)8-2-1-3-10(8)14-11/h4-6H,1-3H2,(H,14,15). The van der Waals surface area contributed by atoms with E-state index < -0.39 is 0 Å². The molecular formula is C12H10ClNO. The van der Waals surface area contributed by atoms with Crippen molar-refractivity contribution in [3.63, 3.8) is 0 Å². The molecule has 0 bridgehead atoms. The number of aromatic amines is 1. The van der Waals surface area contributed by atoms with E-state index in [4.69, 9.17) is 11.6 Å². The molecule has 1 heterocycles. The zero-order valence-electron chi connectivity index (χ0n) is 8.14. The highest BCUT2D eigenvalue weighted by Gasteiger charge is 2.16. The average Bonchev–Trinajstić information content (AvgIpc) is 2.68. The predicted molar refractivity (Wildman–Crippen MR) is 61.6 cm³/mol. The summed E-state index contributed by atoms with van der Waals surface area (Å²) in [6.07, 6.45) is 2.96. The molecule has 76 valence electrons. The highest BCUT2D eigenvalue weighted by Crippen LogP contribution is 2.21. The van der Waals surface area contributed by atoms with Crippen molar-refractivity contribution < 1.29 is 0 Å². The van der Waals surface area contributed by atoms with Gasteiger partial charge in [-0.3, -0.25) is 4.79 Å². The molecule has 1 aliphatic rings. The van der Waals surface area contributed by atoms with Gasteiger partial charge in [0.25, 0.3) is 0 Å². The molecule has 0 radical (unpaired) electrons. The van der Waals surface area contributed by atoms with Crippen molar-refractivity contribution in [2.45, 2.75) is 19.3 Å². The lowest BCUT2D eigenvalue weighted by Gasteiger charge is -2.03. The Morgan fingerprint density at radius 1 is 1.27 bits per heavy atom. The Balaban J connectivity index is 2.47. The number of aryl methyl sites for hydroxylation is 1. The summed E-state index contributed by atoms with van der Waals surface area (Å²) in [5.41, 5.74) is 3.10. The Hall–Kier alpha value is -1.28. The maximum atomic E-state index is 12.1. The van der Waals surface area contributed by atoms with Crippen LogP contribution in [0.1, 0.15) is 17.7 Å². The Labute approximate surface area is 91.9 Å². The van der Waals surface area contributed by atoms with Crippen molar-refractivity contribution in [3.05, 3.63) is 44.7 Å². The van der Waals surface area contributed by atoms with Crippen molar-refractivity contribution in [3.8, 4) is 0 Å². The molecule has 0 saturated heterocycles. The first kappa shape index (κ1) is 8.98. The molecule has 1 aliphatic carbocycles. The van der Waals surface area contributed by atoms with Gasteiger partial charge in [0.15, 0.2) is 5.43 Å². The van der Waals surface area contributed by atoms with Gasteiger partial charge in [0, 0.05) is 27.2 Å². The van der Waals surface area contributed by atoms with Gasteiger partial charge in [0.05, 0.1) is 0 Å². The molecule has 15 heavy (non-hydrogen) atoms. The summed E-state index contributed by atoms with van der Waals surface area (Å²) in [6, 6.07) is 5.42. The molecule has 3 heteroatoms. The first-order valence-corrected chi connectivity index (χ1v) is 5.47. The van der Waals surface area contributed by atoms with Crippen molar-refractivity contribution in [1.29, 1.82) is 0 Å². The minimum Gasteiger partial charge on any atom is -0.358 e. The number of halogens is 1. The van der Waals surface area contributed by atoms with E-state index in [9.17, 15) is 4.79 Å². The fraction of sp³-hybridized carbons (Fsp3) is 0.250. The Kier molecular flexibility index (Phi) is 1.86. The topological polar surface area (TPSA) is 32.9 Å². The number of hydrogen-bond acceptors (Lipinski definition) is 1. The number of hydrogen-bond donors (Lipinski definition) is 1. The van der Waals surface area contributed by atoms with Crippen LogP contribution in [-0.4, -0.2) is 4.98 Å². The summed E-state index contributed by atoms with van der Waals surface area (Å²) in [6.45, 7) is 0. The van der Waals surface area contributed by atoms with Gasteiger partial charge in [-0.2, -0.15) is 0 Å². The Morgan fingerprint density at radius 2 is 2.13 bits per heavy atom. The van der Waals surface area contributed by atoms with Crippen LogP contribution in [0.25, 0.3) is 10.9 Å². The number of fused-ring (bicyclic) bond motifs is 2. The van der Waals surface area contributed by atoms with Crippen molar-refractivity contribution in [1.82, 2.24) is 4.98 Å². The molecule has 0 atom stereocenters. The van der Waals surface area contributed by atoms with Crippen LogP contribution < -0.4 is 5.43 Å². The molecule has 0 saturated carbocycles. The van der Waals surface area contributed by atoms with Crippen molar-refractivity contribution >= 4 is 22.5 Å². The van der Waals surface area contributed by atoms with Gasteiger partial charge in [0.2, 0.25) is 0 Å². The fourth-order valence-electron chi connectivity index (χ4n) is 2.27. The lowest BCUT2D eigenvalue weighted by molar-refractivity contribution is 0.900. The van der Waals surface area contributed by atoms with Crippen molar-refractivity contribution in [2.75, 3.05) is 0 Å². The van der Waals surface area contributed by atoms with E-state index in [0.717, 1.165) is 36.0 Å². The smallest absolute Gasteiger partial charge is 0.192 e.